The van der Waals surface area contributed by atoms with Crippen LogP contribution in [0.2, 0.25) is 0 Å². The minimum absolute atomic E-state index is 0.0394. The molecule has 0 aliphatic carbocycles. The standard InChI is InChI=1S/C29H37N7O3/c1-19(18-35(5)30)20-6-7-22-17-32-25(15-23(22)14-20)34-27(37)21-8-11-31-26(16-21)36-12-9-24(10-13-36)33-28(38)39-29(2,3)4/h6-8,11,14-18,24H,9-10,12-13,30H2,1-5H3,(H,33,38)(H,32,34,37)/b19-18+. The number of benzene rings is 1. The molecule has 2 aromatic heterocycles. The van der Waals surface area contributed by atoms with Gasteiger partial charge in [0.05, 0.1) is 0 Å². The molecular formula is C29H37N7O3. The van der Waals surface area contributed by atoms with Gasteiger partial charge in [-0.05, 0) is 81.3 Å². The van der Waals surface area contributed by atoms with Crippen molar-refractivity contribution in [2.75, 3.05) is 30.4 Å². The first-order valence-electron chi connectivity index (χ1n) is 13.0. The summed E-state index contributed by atoms with van der Waals surface area (Å²) in [5.74, 6) is 6.68. The molecule has 0 unspecified atom stereocenters. The number of hydrogen-bond acceptors (Lipinski definition) is 8. The molecule has 2 amide bonds. The van der Waals surface area contributed by atoms with Gasteiger partial charge in [0.2, 0.25) is 0 Å². The van der Waals surface area contributed by atoms with Crippen LogP contribution in [0.4, 0.5) is 16.4 Å². The van der Waals surface area contributed by atoms with Gasteiger partial charge in [-0.3, -0.25) is 4.79 Å². The molecule has 10 heteroatoms. The average molecular weight is 532 g/mol. The zero-order valence-corrected chi connectivity index (χ0v) is 23.2. The molecule has 0 radical (unpaired) electrons. The molecule has 206 valence electrons. The van der Waals surface area contributed by atoms with Gasteiger partial charge in [-0.2, -0.15) is 0 Å². The summed E-state index contributed by atoms with van der Waals surface area (Å²) >= 11 is 0. The lowest BCUT2D eigenvalue weighted by Gasteiger charge is -2.33. The number of piperidine rings is 1. The monoisotopic (exact) mass is 531 g/mol. The Morgan fingerprint density at radius 2 is 1.82 bits per heavy atom. The van der Waals surface area contributed by atoms with Crippen LogP contribution in [0, 0.1) is 0 Å². The zero-order valence-electron chi connectivity index (χ0n) is 23.2. The maximum absolute atomic E-state index is 13.1. The third-order valence-electron chi connectivity index (χ3n) is 6.36. The maximum Gasteiger partial charge on any atom is 0.407 e. The number of alkyl carbamates (subject to hydrolysis) is 1. The molecule has 0 atom stereocenters. The van der Waals surface area contributed by atoms with E-state index in [-0.39, 0.29) is 11.9 Å². The molecule has 3 aromatic rings. The number of nitrogens with one attached hydrogen (secondary N) is 2. The summed E-state index contributed by atoms with van der Waals surface area (Å²) in [5, 5.41) is 9.31. The van der Waals surface area contributed by atoms with Gasteiger partial charge in [-0.25, -0.2) is 20.6 Å². The molecule has 1 aliphatic heterocycles. The van der Waals surface area contributed by atoms with E-state index in [9.17, 15) is 9.59 Å². The van der Waals surface area contributed by atoms with Gasteiger partial charge < -0.3 is 25.3 Å². The van der Waals surface area contributed by atoms with Crippen molar-refractivity contribution in [2.45, 2.75) is 52.2 Å². The van der Waals surface area contributed by atoms with E-state index in [4.69, 9.17) is 10.6 Å². The van der Waals surface area contributed by atoms with Crippen LogP contribution >= 0.6 is 0 Å². The summed E-state index contributed by atoms with van der Waals surface area (Å²) in [6.07, 6.45) is 6.36. The molecule has 4 rings (SSSR count). The number of hydrazine groups is 1. The average Bonchev–Trinajstić information content (AvgIpc) is 2.87. The van der Waals surface area contributed by atoms with E-state index in [1.165, 1.54) is 5.01 Å². The summed E-state index contributed by atoms with van der Waals surface area (Å²) in [6.45, 7) is 8.95. The lowest BCUT2D eigenvalue weighted by molar-refractivity contribution is 0.0497. The first-order valence-corrected chi connectivity index (χ1v) is 13.0. The fraction of sp³-hybridized carbons (Fsp3) is 0.379. The second-order valence-electron chi connectivity index (χ2n) is 10.9. The largest absolute Gasteiger partial charge is 0.444 e. The number of ether oxygens (including phenoxy) is 1. The molecule has 1 aliphatic rings. The van der Waals surface area contributed by atoms with Gasteiger partial charge in [-0.1, -0.05) is 12.1 Å². The molecule has 3 heterocycles. The van der Waals surface area contributed by atoms with Crippen molar-refractivity contribution in [3.63, 3.8) is 0 Å². The Labute approximate surface area is 229 Å². The molecule has 39 heavy (non-hydrogen) atoms. The highest BCUT2D eigenvalue weighted by Gasteiger charge is 2.24. The van der Waals surface area contributed by atoms with E-state index >= 15 is 0 Å². The minimum atomic E-state index is -0.529. The van der Waals surface area contributed by atoms with E-state index in [0.29, 0.717) is 24.5 Å². The van der Waals surface area contributed by atoms with Crippen LogP contribution in [0.25, 0.3) is 16.3 Å². The molecule has 1 fully saturated rings. The van der Waals surface area contributed by atoms with Crippen LogP contribution in [-0.4, -0.2) is 58.8 Å². The number of rotatable bonds is 6. The normalized spacial score (nSPS) is 14.7. The van der Waals surface area contributed by atoms with Gasteiger partial charge in [0.15, 0.2) is 0 Å². The topological polar surface area (TPSA) is 126 Å². The van der Waals surface area contributed by atoms with E-state index < -0.39 is 11.7 Å². The smallest absolute Gasteiger partial charge is 0.407 e. The second kappa shape index (κ2) is 11.7. The van der Waals surface area contributed by atoms with Gasteiger partial charge >= 0.3 is 6.09 Å². The number of hydrogen-bond donors (Lipinski definition) is 3. The van der Waals surface area contributed by atoms with Crippen LogP contribution in [-0.2, 0) is 4.74 Å². The second-order valence-corrected chi connectivity index (χ2v) is 10.9. The zero-order chi connectivity index (χ0) is 28.2. The molecule has 0 saturated carbocycles. The summed E-state index contributed by atoms with van der Waals surface area (Å²) < 4.78 is 5.36. The van der Waals surface area contributed by atoms with Gasteiger partial charge in [0, 0.05) is 55.7 Å². The van der Waals surface area contributed by atoms with Crippen LogP contribution in [0.15, 0.2) is 55.0 Å². The fourth-order valence-electron chi connectivity index (χ4n) is 4.48. The van der Waals surface area contributed by atoms with Crippen molar-refractivity contribution in [2.24, 2.45) is 5.84 Å². The van der Waals surface area contributed by atoms with Crippen molar-refractivity contribution in [1.29, 1.82) is 0 Å². The highest BCUT2D eigenvalue weighted by molar-refractivity contribution is 6.05. The van der Waals surface area contributed by atoms with E-state index in [1.54, 1.807) is 31.6 Å². The van der Waals surface area contributed by atoms with Crippen LogP contribution in [0.5, 0.6) is 0 Å². The van der Waals surface area contributed by atoms with Crippen molar-refractivity contribution >= 4 is 40.0 Å². The Bertz CT molecular complexity index is 1370. The SMILES string of the molecule is C/C(=C\N(C)N)c1ccc2cnc(NC(=O)c3ccnc(N4CCC(NC(=O)OC(C)(C)C)CC4)c3)cc2c1. The predicted molar refractivity (Wildman–Crippen MR) is 154 cm³/mol. The number of allylic oxidation sites excluding steroid dienone is 1. The molecule has 1 saturated heterocycles. The van der Waals surface area contributed by atoms with Crippen molar-refractivity contribution in [1.82, 2.24) is 20.3 Å². The Kier molecular flexibility index (Phi) is 8.35. The number of nitrogens with two attached hydrogens (primary N) is 1. The number of fused-ring (bicyclic) bond motifs is 1. The van der Waals surface area contributed by atoms with Gasteiger partial charge in [0.25, 0.3) is 5.91 Å². The Balaban J connectivity index is 1.40. The Morgan fingerprint density at radius 3 is 2.51 bits per heavy atom. The van der Waals surface area contributed by atoms with E-state index in [1.807, 2.05) is 58.2 Å². The molecule has 0 bridgehead atoms. The number of pyridine rings is 2. The van der Waals surface area contributed by atoms with E-state index in [2.05, 4.69) is 25.5 Å². The quantitative estimate of drug-likeness (QED) is 0.313. The first-order chi connectivity index (χ1) is 18.5. The summed E-state index contributed by atoms with van der Waals surface area (Å²) in [6, 6.07) is 11.4. The minimum Gasteiger partial charge on any atom is -0.444 e. The van der Waals surface area contributed by atoms with Crippen LogP contribution in [0.3, 0.4) is 0 Å². The number of nitrogens with zero attached hydrogens (tertiary/aromatic N) is 4. The Hall–Kier alpha value is -4.18. The lowest BCUT2D eigenvalue weighted by Crippen LogP contribution is -2.46. The molecule has 0 spiro atoms. The number of aromatic nitrogens is 2. The molecule has 10 nitrogen and oxygen atoms in total. The number of carbonyl (C=O) groups excluding carboxylic acids is 2. The van der Waals surface area contributed by atoms with Crippen LogP contribution < -0.4 is 21.4 Å². The summed E-state index contributed by atoms with van der Waals surface area (Å²) in [7, 11) is 1.78. The van der Waals surface area contributed by atoms with Crippen LogP contribution in [0.1, 0.15) is 56.5 Å². The summed E-state index contributed by atoms with van der Waals surface area (Å²) in [4.78, 5) is 36.2. The van der Waals surface area contributed by atoms with Gasteiger partial charge in [0.1, 0.15) is 17.2 Å². The number of anilines is 2. The van der Waals surface area contributed by atoms with E-state index in [0.717, 1.165) is 40.6 Å². The Morgan fingerprint density at radius 1 is 1.08 bits per heavy atom. The van der Waals surface area contributed by atoms with Crippen molar-refractivity contribution < 1.29 is 14.3 Å². The maximum atomic E-state index is 13.1. The third kappa shape index (κ3) is 7.67. The van der Waals surface area contributed by atoms with Gasteiger partial charge in [-0.15, -0.1) is 0 Å². The highest BCUT2D eigenvalue weighted by Crippen LogP contribution is 2.24. The molecule has 4 N–H and O–H groups in total. The fourth-order valence-corrected chi connectivity index (χ4v) is 4.48. The number of amides is 2. The molecular weight excluding hydrogens is 494 g/mol. The number of carbonyl (C=O) groups is 2. The highest BCUT2D eigenvalue weighted by atomic mass is 16.6. The first kappa shape index (κ1) is 27.8. The van der Waals surface area contributed by atoms with Crippen molar-refractivity contribution in [3.05, 3.63) is 66.1 Å². The lowest BCUT2D eigenvalue weighted by atomic mass is 10.0. The third-order valence-corrected chi connectivity index (χ3v) is 6.36. The van der Waals surface area contributed by atoms with Crippen molar-refractivity contribution in [3.8, 4) is 0 Å². The summed E-state index contributed by atoms with van der Waals surface area (Å²) in [5.41, 5.74) is 2.03. The predicted octanol–water partition coefficient (Wildman–Crippen LogP) is 4.54. The molecule has 1 aromatic carbocycles.